The fraction of sp³-hybridized carbons (Fsp3) is 0.333. The summed E-state index contributed by atoms with van der Waals surface area (Å²) in [6, 6.07) is 0. The fourth-order valence-electron chi connectivity index (χ4n) is 0.720. The fourth-order valence-corrected chi connectivity index (χ4v) is 0.720. The quantitative estimate of drug-likeness (QED) is 0.640. The largest absolute Gasteiger partial charge is 0.478 e. The zero-order valence-electron chi connectivity index (χ0n) is 5.65. The molecule has 0 saturated carbocycles. The molecule has 0 unspecified atom stereocenters. The van der Waals surface area contributed by atoms with Crippen molar-refractivity contribution in [2.24, 2.45) is 0 Å². The lowest BCUT2D eigenvalue weighted by molar-refractivity contribution is 0.0694. The minimum Gasteiger partial charge on any atom is -0.478 e. The monoisotopic (exact) mass is 157 g/mol. The van der Waals surface area contributed by atoms with Crippen molar-refractivity contribution in [3.05, 3.63) is 17.5 Å². The van der Waals surface area contributed by atoms with Crippen molar-refractivity contribution in [2.75, 3.05) is 6.61 Å². The maximum absolute atomic E-state index is 10.4. The van der Waals surface area contributed by atoms with Gasteiger partial charge in [-0.3, -0.25) is 0 Å². The van der Waals surface area contributed by atoms with Gasteiger partial charge in [0.05, 0.1) is 12.8 Å². The number of carboxylic acids is 1. The number of aliphatic hydroxyl groups is 1. The molecule has 0 radical (unpaired) electrons. The van der Waals surface area contributed by atoms with Gasteiger partial charge in [0.2, 0.25) is 0 Å². The molecule has 0 atom stereocenters. The van der Waals surface area contributed by atoms with E-state index in [4.69, 9.17) is 10.2 Å². The Hall–Kier alpha value is -1.36. The number of hydrogen-bond donors (Lipinski definition) is 2. The van der Waals surface area contributed by atoms with Crippen LogP contribution in [0, 0.1) is 0 Å². The van der Waals surface area contributed by atoms with Gasteiger partial charge in [-0.2, -0.15) is 0 Å². The van der Waals surface area contributed by atoms with Crippen LogP contribution >= 0.6 is 0 Å². The van der Waals surface area contributed by atoms with Crippen molar-refractivity contribution in [3.8, 4) is 0 Å². The van der Waals surface area contributed by atoms with Crippen LogP contribution in [0.3, 0.4) is 0 Å². The average Bonchev–Trinajstić information content (AvgIpc) is 2.36. The first-order valence-corrected chi connectivity index (χ1v) is 3.03. The minimum absolute atomic E-state index is 0.0130. The van der Waals surface area contributed by atoms with E-state index < -0.39 is 5.97 Å². The van der Waals surface area contributed by atoms with Crippen molar-refractivity contribution in [2.45, 2.75) is 6.42 Å². The van der Waals surface area contributed by atoms with E-state index in [9.17, 15) is 4.79 Å². The van der Waals surface area contributed by atoms with Crippen molar-refractivity contribution in [1.82, 2.24) is 5.16 Å². The Morgan fingerprint density at radius 1 is 1.73 bits per heavy atom. The van der Waals surface area contributed by atoms with Crippen LogP contribution in [0.4, 0.5) is 0 Å². The molecule has 1 heterocycles. The van der Waals surface area contributed by atoms with E-state index in [-0.39, 0.29) is 24.4 Å². The van der Waals surface area contributed by atoms with E-state index in [2.05, 4.69) is 9.68 Å². The van der Waals surface area contributed by atoms with Gasteiger partial charge in [-0.1, -0.05) is 5.16 Å². The molecule has 1 aromatic rings. The number of aromatic nitrogens is 1. The summed E-state index contributed by atoms with van der Waals surface area (Å²) in [7, 11) is 0. The molecule has 0 spiro atoms. The highest BCUT2D eigenvalue weighted by atomic mass is 16.5. The predicted octanol–water partition coefficient (Wildman–Crippen LogP) is -0.0924. The molecule has 0 bridgehead atoms. The first kappa shape index (κ1) is 7.74. The summed E-state index contributed by atoms with van der Waals surface area (Å²) in [5.41, 5.74) is 0.0130. The SMILES string of the molecule is O=C(O)c1cnoc1CCO. The van der Waals surface area contributed by atoms with Crippen LogP contribution in [0.25, 0.3) is 0 Å². The molecule has 0 amide bonds. The maximum atomic E-state index is 10.4. The summed E-state index contributed by atoms with van der Waals surface area (Å²) in [5, 5.41) is 20.3. The van der Waals surface area contributed by atoms with Gasteiger partial charge in [0, 0.05) is 6.42 Å². The molecule has 0 fully saturated rings. The standard InChI is InChI=1S/C6H7NO4/c8-2-1-5-4(6(9)10)3-7-11-5/h3,8H,1-2H2,(H,9,10). The maximum Gasteiger partial charge on any atom is 0.340 e. The highest BCUT2D eigenvalue weighted by molar-refractivity contribution is 5.88. The topological polar surface area (TPSA) is 83.6 Å². The van der Waals surface area contributed by atoms with E-state index in [0.717, 1.165) is 6.20 Å². The first-order chi connectivity index (χ1) is 5.25. The Labute approximate surface area is 62.2 Å². The molecule has 0 saturated heterocycles. The van der Waals surface area contributed by atoms with Gasteiger partial charge in [0.25, 0.3) is 0 Å². The summed E-state index contributed by atoms with van der Waals surface area (Å²) in [6.45, 7) is -0.143. The van der Waals surface area contributed by atoms with E-state index in [1.165, 1.54) is 0 Å². The lowest BCUT2D eigenvalue weighted by Crippen LogP contribution is -2.00. The van der Waals surface area contributed by atoms with Gasteiger partial charge in [0.1, 0.15) is 5.56 Å². The van der Waals surface area contributed by atoms with Gasteiger partial charge < -0.3 is 14.7 Å². The second-order valence-electron chi connectivity index (χ2n) is 1.94. The van der Waals surface area contributed by atoms with Crippen LogP contribution in [0.15, 0.2) is 10.7 Å². The zero-order valence-corrected chi connectivity index (χ0v) is 5.65. The van der Waals surface area contributed by atoms with Gasteiger partial charge in [-0.05, 0) is 0 Å². The minimum atomic E-state index is -1.09. The van der Waals surface area contributed by atoms with Crippen LogP contribution in [0.5, 0.6) is 0 Å². The summed E-state index contributed by atoms with van der Waals surface area (Å²) in [4.78, 5) is 10.4. The van der Waals surface area contributed by atoms with Gasteiger partial charge in [-0.25, -0.2) is 4.79 Å². The molecule has 0 aliphatic rings. The molecule has 5 heteroatoms. The molecule has 1 aromatic heterocycles. The van der Waals surface area contributed by atoms with Gasteiger partial charge >= 0.3 is 5.97 Å². The van der Waals surface area contributed by atoms with Crippen molar-refractivity contribution >= 4 is 5.97 Å². The van der Waals surface area contributed by atoms with Crippen molar-refractivity contribution < 1.29 is 19.5 Å². The molecule has 1 rings (SSSR count). The Morgan fingerprint density at radius 2 is 2.45 bits per heavy atom. The Bertz CT molecular complexity index is 255. The van der Waals surface area contributed by atoms with Crippen LogP contribution in [-0.4, -0.2) is 27.9 Å². The van der Waals surface area contributed by atoms with Crippen LogP contribution < -0.4 is 0 Å². The summed E-state index contributed by atoms with van der Waals surface area (Å²) in [6.07, 6.45) is 1.30. The molecular weight excluding hydrogens is 150 g/mol. The second-order valence-corrected chi connectivity index (χ2v) is 1.94. The average molecular weight is 157 g/mol. The van der Waals surface area contributed by atoms with Gasteiger partial charge in [0.15, 0.2) is 5.76 Å². The third-order valence-electron chi connectivity index (χ3n) is 1.21. The smallest absolute Gasteiger partial charge is 0.340 e. The number of carbonyl (C=O) groups is 1. The first-order valence-electron chi connectivity index (χ1n) is 3.03. The highest BCUT2D eigenvalue weighted by Gasteiger charge is 2.13. The Morgan fingerprint density at radius 3 is 3.00 bits per heavy atom. The van der Waals surface area contributed by atoms with Crippen LogP contribution in [-0.2, 0) is 6.42 Å². The number of carboxylic acid groups (broad SMARTS) is 1. The highest BCUT2D eigenvalue weighted by Crippen LogP contribution is 2.07. The van der Waals surface area contributed by atoms with E-state index in [1.54, 1.807) is 0 Å². The number of hydrogen-bond acceptors (Lipinski definition) is 4. The van der Waals surface area contributed by atoms with Crippen LogP contribution in [0.1, 0.15) is 16.1 Å². The molecule has 2 N–H and O–H groups in total. The van der Waals surface area contributed by atoms with Gasteiger partial charge in [-0.15, -0.1) is 0 Å². The molecule has 0 aromatic carbocycles. The zero-order chi connectivity index (χ0) is 8.27. The summed E-state index contributed by atoms with van der Waals surface area (Å²) in [5.74, 6) is -0.880. The molecule has 0 aliphatic heterocycles. The van der Waals surface area contributed by atoms with E-state index >= 15 is 0 Å². The normalized spacial score (nSPS) is 9.91. The van der Waals surface area contributed by atoms with Crippen molar-refractivity contribution in [3.63, 3.8) is 0 Å². The third-order valence-corrected chi connectivity index (χ3v) is 1.21. The molecule has 60 valence electrons. The number of rotatable bonds is 3. The summed E-state index contributed by atoms with van der Waals surface area (Å²) < 4.78 is 4.58. The lowest BCUT2D eigenvalue weighted by atomic mass is 10.2. The Balaban J connectivity index is 2.87. The van der Waals surface area contributed by atoms with E-state index in [0.29, 0.717) is 0 Å². The number of aromatic carboxylic acids is 1. The second kappa shape index (κ2) is 3.16. The van der Waals surface area contributed by atoms with E-state index in [1.807, 2.05) is 0 Å². The molecule has 11 heavy (non-hydrogen) atoms. The molecule has 5 nitrogen and oxygen atoms in total. The lowest BCUT2D eigenvalue weighted by Gasteiger charge is -1.90. The molecule has 0 aliphatic carbocycles. The summed E-state index contributed by atoms with van der Waals surface area (Å²) >= 11 is 0. The number of aliphatic hydroxyl groups excluding tert-OH is 1. The Kier molecular flexibility index (Phi) is 2.22. The number of nitrogens with zero attached hydrogens (tertiary/aromatic N) is 1. The molecular formula is C6H7NO4. The predicted molar refractivity (Wildman–Crippen MR) is 34.3 cm³/mol. The third kappa shape index (κ3) is 1.56. The van der Waals surface area contributed by atoms with Crippen molar-refractivity contribution in [1.29, 1.82) is 0 Å². The van der Waals surface area contributed by atoms with Crippen LogP contribution in [0.2, 0.25) is 0 Å².